The van der Waals surface area contributed by atoms with E-state index in [9.17, 15) is 0 Å². The van der Waals surface area contributed by atoms with Gasteiger partial charge in [-0.1, -0.05) is 36.4 Å². The van der Waals surface area contributed by atoms with Gasteiger partial charge in [0, 0.05) is 17.8 Å². The number of rotatable bonds is 5. The molecule has 3 rings (SSSR count). The summed E-state index contributed by atoms with van der Waals surface area (Å²) in [6.45, 7) is 6.45. The predicted octanol–water partition coefficient (Wildman–Crippen LogP) is 4.73. The highest BCUT2D eigenvalue weighted by atomic mass is 16.5. The SMILES string of the molecule is CC=CN(N=CC1=[N+](C)c2ccccc2C1(C)C)c1ccccc1OC. The van der Waals surface area contributed by atoms with Crippen molar-refractivity contribution in [3.63, 3.8) is 0 Å². The van der Waals surface area contributed by atoms with E-state index < -0.39 is 0 Å². The van der Waals surface area contributed by atoms with Gasteiger partial charge in [0.15, 0.2) is 0 Å². The summed E-state index contributed by atoms with van der Waals surface area (Å²) in [7, 11) is 3.77. The van der Waals surface area contributed by atoms with Crippen LogP contribution in [0, 0.1) is 0 Å². The summed E-state index contributed by atoms with van der Waals surface area (Å²) in [5, 5.41) is 6.61. The molecule has 0 unspecified atom stereocenters. The number of anilines is 1. The number of hydrazone groups is 1. The second kappa shape index (κ2) is 7.16. The Hall–Kier alpha value is -2.88. The summed E-state index contributed by atoms with van der Waals surface area (Å²) in [5.74, 6) is 0.787. The lowest BCUT2D eigenvalue weighted by molar-refractivity contribution is -0.400. The Morgan fingerprint density at radius 1 is 1.08 bits per heavy atom. The third-order valence-corrected chi connectivity index (χ3v) is 4.87. The molecular weight excluding hydrogens is 322 g/mol. The third-order valence-electron chi connectivity index (χ3n) is 4.87. The van der Waals surface area contributed by atoms with Crippen LogP contribution in [-0.2, 0) is 5.41 Å². The predicted molar refractivity (Wildman–Crippen MR) is 109 cm³/mol. The van der Waals surface area contributed by atoms with Crippen LogP contribution in [0.5, 0.6) is 5.75 Å². The van der Waals surface area contributed by atoms with Crippen molar-refractivity contribution < 1.29 is 9.31 Å². The Bertz CT molecular complexity index is 894. The first-order chi connectivity index (χ1) is 12.5. The summed E-state index contributed by atoms with van der Waals surface area (Å²) >= 11 is 0. The van der Waals surface area contributed by atoms with E-state index in [2.05, 4.69) is 49.7 Å². The Morgan fingerprint density at radius 2 is 1.77 bits per heavy atom. The molecule has 1 heterocycles. The Kier molecular flexibility index (Phi) is 4.94. The molecule has 2 aromatic carbocycles. The molecule has 4 heteroatoms. The van der Waals surface area contributed by atoms with E-state index >= 15 is 0 Å². The van der Waals surface area contributed by atoms with Crippen LogP contribution in [0.4, 0.5) is 11.4 Å². The lowest BCUT2D eigenvalue weighted by Crippen LogP contribution is -2.30. The molecule has 1 aliphatic rings. The number of allylic oxidation sites excluding steroid dienone is 1. The molecule has 0 radical (unpaired) electrons. The van der Waals surface area contributed by atoms with Crippen molar-refractivity contribution in [2.45, 2.75) is 26.2 Å². The molecule has 0 amide bonds. The van der Waals surface area contributed by atoms with E-state index in [-0.39, 0.29) is 5.41 Å². The van der Waals surface area contributed by atoms with Gasteiger partial charge in [-0.2, -0.15) is 9.68 Å². The number of benzene rings is 2. The van der Waals surface area contributed by atoms with Crippen LogP contribution in [-0.4, -0.2) is 30.7 Å². The minimum absolute atomic E-state index is 0.1000. The first-order valence-corrected chi connectivity index (χ1v) is 8.80. The summed E-state index contributed by atoms with van der Waals surface area (Å²) in [4.78, 5) is 0. The molecular formula is C22H26N3O+. The second-order valence-corrected chi connectivity index (χ2v) is 6.83. The van der Waals surface area contributed by atoms with Crippen LogP contribution in [0.25, 0.3) is 0 Å². The van der Waals surface area contributed by atoms with Crippen LogP contribution in [0.2, 0.25) is 0 Å². The summed E-state index contributed by atoms with van der Waals surface area (Å²) < 4.78 is 7.71. The molecule has 2 aromatic rings. The highest BCUT2D eigenvalue weighted by Gasteiger charge is 2.43. The number of fused-ring (bicyclic) bond motifs is 1. The lowest BCUT2D eigenvalue weighted by atomic mass is 9.82. The second-order valence-electron chi connectivity index (χ2n) is 6.83. The minimum atomic E-state index is -0.1000. The van der Waals surface area contributed by atoms with Crippen molar-refractivity contribution in [2.75, 3.05) is 19.2 Å². The van der Waals surface area contributed by atoms with Gasteiger partial charge in [0.2, 0.25) is 11.4 Å². The van der Waals surface area contributed by atoms with Crippen molar-refractivity contribution >= 4 is 23.3 Å². The van der Waals surface area contributed by atoms with E-state index in [4.69, 9.17) is 9.84 Å². The first kappa shape index (κ1) is 17.9. The van der Waals surface area contributed by atoms with E-state index in [1.807, 2.05) is 54.7 Å². The van der Waals surface area contributed by atoms with Crippen LogP contribution in [0.15, 0.2) is 65.9 Å². The molecule has 0 saturated carbocycles. The molecule has 1 aliphatic heterocycles. The monoisotopic (exact) mass is 348 g/mol. The van der Waals surface area contributed by atoms with Gasteiger partial charge in [0.05, 0.1) is 12.5 Å². The van der Waals surface area contributed by atoms with Gasteiger partial charge >= 0.3 is 0 Å². The van der Waals surface area contributed by atoms with Crippen molar-refractivity contribution in [2.24, 2.45) is 5.10 Å². The molecule has 26 heavy (non-hydrogen) atoms. The molecule has 0 fully saturated rings. The smallest absolute Gasteiger partial charge is 0.212 e. The molecule has 0 saturated heterocycles. The average Bonchev–Trinajstić information content (AvgIpc) is 2.85. The topological polar surface area (TPSA) is 27.8 Å². The maximum absolute atomic E-state index is 5.49. The molecule has 0 atom stereocenters. The summed E-state index contributed by atoms with van der Waals surface area (Å²) in [5.41, 5.74) is 4.51. The zero-order valence-corrected chi connectivity index (χ0v) is 16.1. The Morgan fingerprint density at radius 3 is 2.46 bits per heavy atom. The number of nitrogens with zero attached hydrogens (tertiary/aromatic N) is 3. The van der Waals surface area contributed by atoms with Crippen molar-refractivity contribution in [1.29, 1.82) is 0 Å². The molecule has 0 bridgehead atoms. The summed E-state index contributed by atoms with van der Waals surface area (Å²) in [6.07, 6.45) is 5.85. The fraction of sp³-hybridized carbons (Fsp3) is 0.273. The summed E-state index contributed by atoms with van der Waals surface area (Å²) in [6, 6.07) is 16.4. The largest absolute Gasteiger partial charge is 0.494 e. The van der Waals surface area contributed by atoms with Crippen LogP contribution in [0.3, 0.4) is 0 Å². The lowest BCUT2D eigenvalue weighted by Gasteiger charge is -2.18. The van der Waals surface area contributed by atoms with Crippen LogP contribution < -0.4 is 9.75 Å². The van der Waals surface area contributed by atoms with Gasteiger partial charge in [-0.25, -0.2) is 5.01 Å². The van der Waals surface area contributed by atoms with E-state index in [1.54, 1.807) is 7.11 Å². The molecule has 0 aliphatic carbocycles. The maximum atomic E-state index is 5.49. The zero-order valence-electron chi connectivity index (χ0n) is 16.1. The quantitative estimate of drug-likeness (QED) is 0.444. The number of para-hydroxylation sites is 3. The zero-order chi connectivity index (χ0) is 18.7. The van der Waals surface area contributed by atoms with Gasteiger partial charge in [-0.3, -0.25) is 0 Å². The van der Waals surface area contributed by atoms with Crippen LogP contribution >= 0.6 is 0 Å². The Labute approximate surface area is 155 Å². The molecule has 4 nitrogen and oxygen atoms in total. The number of hydrogen-bond donors (Lipinski definition) is 0. The van der Waals surface area contributed by atoms with E-state index in [0.29, 0.717) is 0 Å². The van der Waals surface area contributed by atoms with E-state index in [1.165, 1.54) is 11.3 Å². The fourth-order valence-electron chi connectivity index (χ4n) is 3.49. The average molecular weight is 348 g/mol. The minimum Gasteiger partial charge on any atom is -0.494 e. The Balaban J connectivity index is 2.01. The van der Waals surface area contributed by atoms with Gasteiger partial charge in [-0.15, -0.1) is 0 Å². The highest BCUT2D eigenvalue weighted by Crippen LogP contribution is 2.38. The fourth-order valence-corrected chi connectivity index (χ4v) is 3.49. The van der Waals surface area contributed by atoms with Crippen molar-refractivity contribution in [3.05, 3.63) is 66.4 Å². The molecule has 134 valence electrons. The normalized spacial score (nSPS) is 15.7. The van der Waals surface area contributed by atoms with Gasteiger partial charge in [-0.05, 0) is 32.9 Å². The molecule has 0 spiro atoms. The maximum Gasteiger partial charge on any atom is 0.212 e. The standard InChI is InChI=1S/C22H26N3O/c1-6-15-25(19-13-9-10-14-20(19)26-5)23-16-21-22(2,3)17-11-7-8-12-18(17)24(21)4/h6-16H,1-5H3/q+1. The van der Waals surface area contributed by atoms with Crippen LogP contribution in [0.1, 0.15) is 26.3 Å². The van der Waals surface area contributed by atoms with Crippen molar-refractivity contribution in [3.8, 4) is 5.75 Å². The van der Waals surface area contributed by atoms with Crippen molar-refractivity contribution in [1.82, 2.24) is 0 Å². The van der Waals surface area contributed by atoms with Gasteiger partial charge in [0.25, 0.3) is 0 Å². The van der Waals surface area contributed by atoms with Gasteiger partial charge in [0.1, 0.15) is 24.7 Å². The molecule has 0 aromatic heterocycles. The number of methoxy groups -OCH3 is 1. The third kappa shape index (κ3) is 3.03. The van der Waals surface area contributed by atoms with Gasteiger partial charge < -0.3 is 4.74 Å². The molecule has 0 N–H and O–H groups in total. The number of hydrogen-bond acceptors (Lipinski definition) is 3. The highest BCUT2D eigenvalue weighted by molar-refractivity contribution is 6.33. The number of ether oxygens (including phenoxy) is 1. The van der Waals surface area contributed by atoms with E-state index in [0.717, 1.165) is 17.1 Å². The first-order valence-electron chi connectivity index (χ1n) is 8.80.